The number of likely N-dealkylation sites (tertiary alicyclic amines) is 1. The number of anilines is 2. The van der Waals surface area contributed by atoms with Crippen LogP contribution in [0.2, 0.25) is 0 Å². The minimum Gasteiger partial charge on any atom is -0.462 e. The molecule has 3 aromatic heterocycles. The molecule has 8 rings (SSSR count). The van der Waals surface area contributed by atoms with Crippen LogP contribution in [0.1, 0.15) is 36.0 Å². The van der Waals surface area contributed by atoms with Gasteiger partial charge in [-0.15, -0.1) is 11.3 Å². The standard InChI is InChI=1S/C29H28F2N8O2S/c1-38-4-2-3-13(38)10-41-29-36-25-22(28(37-29)39-14-5-15(39)8-34-7-14)18-12-40-11-17(18)20(23(25)31)24-21-16(6-32)27(33)42-26(21)19(30)9-35-24/h9,13-15,34H,2-5,7-8,10-12,33H2,1H3/t13-,14?,15?/m0/s1. The Hall–Kier alpha value is -3.70. The highest BCUT2D eigenvalue weighted by atomic mass is 32.1. The molecule has 3 saturated heterocycles. The van der Waals surface area contributed by atoms with E-state index in [1.54, 1.807) is 0 Å². The molecule has 3 N–H and O–H groups in total. The number of ether oxygens (including phenoxy) is 2. The van der Waals surface area contributed by atoms with E-state index in [4.69, 9.17) is 20.2 Å². The van der Waals surface area contributed by atoms with Gasteiger partial charge in [0.05, 0.1) is 40.8 Å². The first-order valence-electron chi connectivity index (χ1n) is 14.2. The van der Waals surface area contributed by atoms with E-state index in [1.165, 1.54) is 0 Å². The summed E-state index contributed by atoms with van der Waals surface area (Å²) in [6.07, 6.45) is 4.20. The number of hydrogen-bond donors (Lipinski definition) is 2. The third-order valence-corrected chi connectivity index (χ3v) is 10.2. The second kappa shape index (κ2) is 9.67. The molecule has 13 heteroatoms. The number of nitrogens with zero attached hydrogens (tertiary/aromatic N) is 6. The number of nitriles is 1. The number of likely N-dealkylation sites (N-methyl/N-ethyl adjacent to an activating group) is 1. The van der Waals surface area contributed by atoms with Crippen molar-refractivity contribution in [1.29, 1.82) is 5.26 Å². The lowest BCUT2D eigenvalue weighted by Crippen LogP contribution is -2.68. The zero-order valence-electron chi connectivity index (χ0n) is 22.9. The van der Waals surface area contributed by atoms with Crippen LogP contribution in [0.5, 0.6) is 6.01 Å². The fraction of sp³-hybridized carbons (Fsp3) is 0.448. The molecule has 0 amide bonds. The van der Waals surface area contributed by atoms with Crippen molar-refractivity contribution in [2.45, 2.75) is 50.6 Å². The number of pyridine rings is 1. The number of aromatic nitrogens is 3. The summed E-state index contributed by atoms with van der Waals surface area (Å²) in [5, 5.41) is 14.3. The monoisotopic (exact) mass is 590 g/mol. The van der Waals surface area contributed by atoms with Gasteiger partial charge in [0.1, 0.15) is 29.0 Å². The van der Waals surface area contributed by atoms with E-state index in [0.717, 1.165) is 62.0 Å². The first kappa shape index (κ1) is 26.0. The lowest BCUT2D eigenvalue weighted by atomic mass is 9.87. The Kier molecular flexibility index (Phi) is 5.98. The lowest BCUT2D eigenvalue weighted by molar-refractivity contribution is 0.135. The molecule has 2 bridgehead atoms. The van der Waals surface area contributed by atoms with Gasteiger partial charge >= 0.3 is 6.01 Å². The molecule has 216 valence electrons. The van der Waals surface area contributed by atoms with E-state index in [-0.39, 0.29) is 74.8 Å². The van der Waals surface area contributed by atoms with Gasteiger partial charge in [0.2, 0.25) is 0 Å². The number of piperazine rings is 1. The number of benzene rings is 1. The Bertz CT molecular complexity index is 1810. The van der Waals surface area contributed by atoms with Crippen LogP contribution in [0.4, 0.5) is 19.6 Å². The second-order valence-corrected chi connectivity index (χ2v) is 12.6. The molecule has 1 aromatic carbocycles. The third kappa shape index (κ3) is 3.72. The van der Waals surface area contributed by atoms with Gasteiger partial charge < -0.3 is 30.3 Å². The van der Waals surface area contributed by atoms with Crippen molar-refractivity contribution in [1.82, 2.24) is 25.2 Å². The molecule has 3 fully saturated rings. The number of piperidine rings is 1. The van der Waals surface area contributed by atoms with Crippen LogP contribution in [-0.2, 0) is 18.0 Å². The predicted molar refractivity (Wildman–Crippen MR) is 154 cm³/mol. The predicted octanol–water partition coefficient (Wildman–Crippen LogP) is 3.69. The largest absolute Gasteiger partial charge is 0.462 e. The van der Waals surface area contributed by atoms with E-state index in [1.807, 2.05) is 0 Å². The summed E-state index contributed by atoms with van der Waals surface area (Å²) in [6.45, 7) is 3.42. The van der Waals surface area contributed by atoms with Gasteiger partial charge in [-0.3, -0.25) is 4.98 Å². The SMILES string of the molecule is CN1CCC[C@H]1COc1nc(N2C3CNCC2C3)c2c3c(c(-c4ncc(F)c5sc(N)c(C#N)c45)c(F)c2n1)COC3. The Morgan fingerprint density at radius 1 is 1.21 bits per heavy atom. The lowest BCUT2D eigenvalue weighted by Gasteiger charge is -2.54. The molecule has 7 heterocycles. The molecule has 0 radical (unpaired) electrons. The molecule has 2 unspecified atom stereocenters. The number of halogens is 2. The van der Waals surface area contributed by atoms with Crippen molar-refractivity contribution < 1.29 is 18.3 Å². The number of fused-ring (bicyclic) bond motifs is 6. The number of nitrogens with two attached hydrogens (primary N) is 1. The van der Waals surface area contributed by atoms with Crippen molar-refractivity contribution in [2.75, 3.05) is 43.9 Å². The van der Waals surface area contributed by atoms with Gasteiger partial charge in [-0.1, -0.05) is 0 Å². The van der Waals surface area contributed by atoms with Crippen LogP contribution < -0.4 is 20.7 Å². The number of hydrogen-bond acceptors (Lipinski definition) is 11. The fourth-order valence-corrected chi connectivity index (χ4v) is 7.99. The summed E-state index contributed by atoms with van der Waals surface area (Å²) in [5.41, 5.74) is 7.94. The molecule has 42 heavy (non-hydrogen) atoms. The molecule has 10 nitrogen and oxygen atoms in total. The molecule has 0 spiro atoms. The van der Waals surface area contributed by atoms with Crippen LogP contribution in [0, 0.1) is 23.0 Å². The maximum absolute atomic E-state index is 17.0. The van der Waals surface area contributed by atoms with Gasteiger partial charge in [-0.2, -0.15) is 15.2 Å². The van der Waals surface area contributed by atoms with E-state index < -0.39 is 11.6 Å². The van der Waals surface area contributed by atoms with Crippen molar-refractivity contribution >= 4 is 43.1 Å². The van der Waals surface area contributed by atoms with Crippen molar-refractivity contribution in [3.63, 3.8) is 0 Å². The summed E-state index contributed by atoms with van der Waals surface area (Å²) < 4.78 is 44.1. The maximum atomic E-state index is 17.0. The first-order valence-corrected chi connectivity index (χ1v) is 15.0. The van der Waals surface area contributed by atoms with Gasteiger partial charge in [-0.05, 0) is 44.0 Å². The van der Waals surface area contributed by atoms with Crippen molar-refractivity contribution in [3.8, 4) is 23.3 Å². The van der Waals surface area contributed by atoms with Crippen molar-refractivity contribution in [2.24, 2.45) is 0 Å². The van der Waals surface area contributed by atoms with E-state index in [2.05, 4.69) is 38.2 Å². The zero-order chi connectivity index (χ0) is 28.7. The van der Waals surface area contributed by atoms with Gasteiger partial charge in [0.25, 0.3) is 0 Å². The molecule has 4 aliphatic heterocycles. The number of nitrogens with one attached hydrogen (secondary N) is 1. The summed E-state index contributed by atoms with van der Waals surface area (Å²) in [4.78, 5) is 18.4. The molecule has 3 atom stereocenters. The average Bonchev–Trinajstić information content (AvgIpc) is 3.72. The molecular weight excluding hydrogens is 562 g/mol. The summed E-state index contributed by atoms with van der Waals surface area (Å²) in [6, 6.07) is 2.89. The van der Waals surface area contributed by atoms with Crippen LogP contribution in [0.3, 0.4) is 0 Å². The molecule has 0 saturated carbocycles. The number of thiophene rings is 1. The molecule has 4 aromatic rings. The average molecular weight is 591 g/mol. The molecular formula is C29H28F2N8O2S. The summed E-state index contributed by atoms with van der Waals surface area (Å²) in [5.74, 6) is -0.589. The van der Waals surface area contributed by atoms with Crippen LogP contribution in [0.15, 0.2) is 6.20 Å². The smallest absolute Gasteiger partial charge is 0.319 e. The van der Waals surface area contributed by atoms with E-state index in [0.29, 0.717) is 23.4 Å². The van der Waals surface area contributed by atoms with Gasteiger partial charge in [0.15, 0.2) is 11.6 Å². The fourth-order valence-electron chi connectivity index (χ4n) is 7.07. The van der Waals surface area contributed by atoms with Crippen LogP contribution >= 0.6 is 11.3 Å². The first-order chi connectivity index (χ1) is 20.4. The Labute approximate surface area is 244 Å². The maximum Gasteiger partial charge on any atom is 0.319 e. The highest BCUT2D eigenvalue weighted by Gasteiger charge is 2.44. The normalized spacial score (nSPS) is 23.4. The summed E-state index contributed by atoms with van der Waals surface area (Å²) in [7, 11) is 2.07. The van der Waals surface area contributed by atoms with E-state index >= 15 is 4.39 Å². The Balaban J connectivity index is 1.37. The quantitative estimate of drug-likeness (QED) is 0.356. The van der Waals surface area contributed by atoms with E-state index in [9.17, 15) is 9.65 Å². The highest BCUT2D eigenvalue weighted by molar-refractivity contribution is 7.23. The van der Waals surface area contributed by atoms with Gasteiger partial charge in [-0.25, -0.2) is 8.78 Å². The zero-order valence-corrected chi connectivity index (χ0v) is 23.7. The number of nitrogen functional groups attached to an aromatic ring is 1. The second-order valence-electron chi connectivity index (χ2n) is 11.5. The summed E-state index contributed by atoms with van der Waals surface area (Å²) >= 11 is 0.953. The van der Waals surface area contributed by atoms with Gasteiger partial charge in [0, 0.05) is 42.2 Å². The Morgan fingerprint density at radius 2 is 2.02 bits per heavy atom. The Morgan fingerprint density at radius 3 is 2.76 bits per heavy atom. The molecule has 0 aliphatic carbocycles. The van der Waals surface area contributed by atoms with Crippen LogP contribution in [0.25, 0.3) is 32.2 Å². The van der Waals surface area contributed by atoms with Crippen LogP contribution in [-0.4, -0.2) is 71.3 Å². The van der Waals surface area contributed by atoms with Crippen molar-refractivity contribution in [3.05, 3.63) is 34.5 Å². The molecule has 4 aliphatic rings. The third-order valence-electron chi connectivity index (χ3n) is 9.21. The number of rotatable bonds is 5. The minimum absolute atomic E-state index is 0.0816. The topological polar surface area (TPSA) is 125 Å². The minimum atomic E-state index is -0.626. The highest BCUT2D eigenvalue weighted by Crippen LogP contribution is 2.48.